The Morgan fingerprint density at radius 2 is 2.19 bits per heavy atom. The number of anilines is 1. The minimum Gasteiger partial charge on any atom is -0.391 e. The second-order valence-corrected chi connectivity index (χ2v) is 6.16. The molecule has 0 aromatic carbocycles. The number of rotatable bonds is 5. The fraction of sp³-hybridized carbons (Fsp3) is 0.625. The van der Waals surface area contributed by atoms with E-state index in [1.165, 1.54) is 0 Å². The summed E-state index contributed by atoms with van der Waals surface area (Å²) in [5.74, 6) is 1.12. The van der Waals surface area contributed by atoms with Gasteiger partial charge in [-0.25, -0.2) is 4.98 Å². The van der Waals surface area contributed by atoms with E-state index in [-0.39, 0.29) is 5.91 Å². The van der Waals surface area contributed by atoms with Crippen LogP contribution in [-0.2, 0) is 0 Å². The highest BCUT2D eigenvalue weighted by Gasteiger charge is 2.32. The van der Waals surface area contributed by atoms with E-state index < -0.39 is 6.10 Å². The van der Waals surface area contributed by atoms with Gasteiger partial charge in [-0.2, -0.15) is 0 Å². The van der Waals surface area contributed by atoms with E-state index in [0.717, 1.165) is 44.6 Å². The standard InChI is InChI=1S/C16H23N3O2/c1-18(11-14(20)12-6-7-12)16(21)13-5-4-8-17-15(13)19-9-2-3-10-19/h4-5,8,12,14,20H,2-3,6-7,9-11H2,1H3. The summed E-state index contributed by atoms with van der Waals surface area (Å²) < 4.78 is 0. The summed E-state index contributed by atoms with van der Waals surface area (Å²) in [5.41, 5.74) is 0.643. The monoisotopic (exact) mass is 289 g/mol. The summed E-state index contributed by atoms with van der Waals surface area (Å²) in [4.78, 5) is 20.9. The second-order valence-electron chi connectivity index (χ2n) is 6.16. The number of hydrogen-bond acceptors (Lipinski definition) is 4. The van der Waals surface area contributed by atoms with Crippen molar-refractivity contribution in [3.63, 3.8) is 0 Å². The van der Waals surface area contributed by atoms with Crippen LogP contribution in [0.25, 0.3) is 0 Å². The third-order valence-corrected chi connectivity index (χ3v) is 4.40. The molecule has 1 aliphatic carbocycles. The highest BCUT2D eigenvalue weighted by atomic mass is 16.3. The van der Waals surface area contributed by atoms with Gasteiger partial charge in [0.05, 0.1) is 11.7 Å². The number of pyridine rings is 1. The lowest BCUT2D eigenvalue weighted by molar-refractivity contribution is 0.0645. The first-order valence-electron chi connectivity index (χ1n) is 7.80. The third kappa shape index (κ3) is 3.18. The molecule has 1 aliphatic heterocycles. The maximum Gasteiger partial charge on any atom is 0.257 e. The van der Waals surface area contributed by atoms with Crippen LogP contribution >= 0.6 is 0 Å². The molecule has 2 fully saturated rings. The smallest absolute Gasteiger partial charge is 0.257 e. The second kappa shape index (κ2) is 6.02. The Labute approximate surface area is 125 Å². The van der Waals surface area contributed by atoms with Crippen LogP contribution < -0.4 is 4.90 Å². The minimum atomic E-state index is -0.397. The summed E-state index contributed by atoms with van der Waals surface area (Å²) in [6.45, 7) is 2.33. The van der Waals surface area contributed by atoms with Gasteiger partial charge in [0.2, 0.25) is 0 Å². The predicted octanol–water partition coefficient (Wildman–Crippen LogP) is 1.52. The van der Waals surface area contributed by atoms with Gasteiger partial charge < -0.3 is 14.9 Å². The average molecular weight is 289 g/mol. The van der Waals surface area contributed by atoms with E-state index in [9.17, 15) is 9.90 Å². The van der Waals surface area contributed by atoms with Crippen molar-refractivity contribution in [2.45, 2.75) is 31.8 Å². The Morgan fingerprint density at radius 1 is 1.48 bits per heavy atom. The van der Waals surface area contributed by atoms with Crippen molar-refractivity contribution in [3.8, 4) is 0 Å². The van der Waals surface area contributed by atoms with E-state index in [0.29, 0.717) is 18.0 Å². The summed E-state index contributed by atoms with van der Waals surface area (Å²) in [6, 6.07) is 3.64. The van der Waals surface area contributed by atoms with Crippen LogP contribution in [0.3, 0.4) is 0 Å². The van der Waals surface area contributed by atoms with Crippen molar-refractivity contribution in [2.75, 3.05) is 31.6 Å². The van der Waals surface area contributed by atoms with Gasteiger partial charge in [0.15, 0.2) is 0 Å². The fourth-order valence-corrected chi connectivity index (χ4v) is 2.94. The molecule has 1 N–H and O–H groups in total. The van der Waals surface area contributed by atoms with Crippen LogP contribution in [0, 0.1) is 5.92 Å². The van der Waals surface area contributed by atoms with Gasteiger partial charge in [0.1, 0.15) is 5.82 Å². The fourth-order valence-electron chi connectivity index (χ4n) is 2.94. The van der Waals surface area contributed by atoms with Crippen molar-refractivity contribution in [2.24, 2.45) is 5.92 Å². The summed E-state index contributed by atoms with van der Waals surface area (Å²) in [5, 5.41) is 10.0. The van der Waals surface area contributed by atoms with E-state index in [4.69, 9.17) is 0 Å². The summed E-state index contributed by atoms with van der Waals surface area (Å²) >= 11 is 0. The van der Waals surface area contributed by atoms with Crippen LogP contribution in [0.2, 0.25) is 0 Å². The van der Waals surface area contributed by atoms with Crippen molar-refractivity contribution in [1.29, 1.82) is 0 Å². The predicted molar refractivity (Wildman–Crippen MR) is 81.4 cm³/mol. The molecule has 1 aromatic rings. The number of likely N-dealkylation sites (N-methyl/N-ethyl adjacent to an activating group) is 1. The average Bonchev–Trinajstić information content (AvgIpc) is 3.22. The molecular formula is C16H23N3O2. The molecule has 1 saturated carbocycles. The molecule has 21 heavy (non-hydrogen) atoms. The van der Waals surface area contributed by atoms with Gasteiger partial charge in [0.25, 0.3) is 5.91 Å². The van der Waals surface area contributed by atoms with Crippen LogP contribution in [0.5, 0.6) is 0 Å². The van der Waals surface area contributed by atoms with E-state index >= 15 is 0 Å². The molecule has 3 rings (SSSR count). The number of aliphatic hydroxyl groups is 1. The normalized spacial score (nSPS) is 19.6. The first kappa shape index (κ1) is 14.3. The Kier molecular flexibility index (Phi) is 4.10. The Hall–Kier alpha value is -1.62. The quantitative estimate of drug-likeness (QED) is 0.893. The Balaban J connectivity index is 1.73. The molecular weight excluding hydrogens is 266 g/mol. The molecule has 1 amide bonds. The van der Waals surface area contributed by atoms with Crippen LogP contribution in [0.4, 0.5) is 5.82 Å². The number of aliphatic hydroxyl groups excluding tert-OH is 1. The Morgan fingerprint density at radius 3 is 2.86 bits per heavy atom. The van der Waals surface area contributed by atoms with Crippen molar-refractivity contribution < 1.29 is 9.90 Å². The molecule has 2 heterocycles. The zero-order valence-corrected chi connectivity index (χ0v) is 12.5. The first-order valence-corrected chi connectivity index (χ1v) is 7.80. The SMILES string of the molecule is CN(CC(O)C1CC1)C(=O)c1cccnc1N1CCCC1. The van der Waals surface area contributed by atoms with E-state index in [1.807, 2.05) is 6.07 Å². The molecule has 1 saturated heterocycles. The van der Waals surface area contributed by atoms with E-state index in [1.54, 1.807) is 24.2 Å². The number of nitrogens with zero attached hydrogens (tertiary/aromatic N) is 3. The molecule has 0 spiro atoms. The lowest BCUT2D eigenvalue weighted by Gasteiger charge is -2.24. The van der Waals surface area contributed by atoms with Gasteiger partial charge in [-0.05, 0) is 43.7 Å². The van der Waals surface area contributed by atoms with Gasteiger partial charge >= 0.3 is 0 Å². The van der Waals surface area contributed by atoms with Gasteiger partial charge in [-0.15, -0.1) is 0 Å². The maximum absolute atomic E-state index is 12.6. The minimum absolute atomic E-state index is 0.0512. The molecule has 5 heteroatoms. The molecule has 1 atom stereocenters. The topological polar surface area (TPSA) is 56.7 Å². The maximum atomic E-state index is 12.6. The highest BCUT2D eigenvalue weighted by molar-refractivity contribution is 5.98. The summed E-state index contributed by atoms with van der Waals surface area (Å²) in [7, 11) is 1.76. The number of carbonyl (C=O) groups is 1. The third-order valence-electron chi connectivity index (χ3n) is 4.40. The van der Waals surface area contributed by atoms with Crippen molar-refractivity contribution in [1.82, 2.24) is 9.88 Å². The first-order chi connectivity index (χ1) is 10.2. The number of aromatic nitrogens is 1. The molecule has 1 unspecified atom stereocenters. The molecule has 0 bridgehead atoms. The van der Waals surface area contributed by atoms with Crippen molar-refractivity contribution >= 4 is 11.7 Å². The molecule has 1 aromatic heterocycles. The molecule has 114 valence electrons. The van der Waals surface area contributed by atoms with Crippen LogP contribution in [0.1, 0.15) is 36.0 Å². The van der Waals surface area contributed by atoms with Gasteiger partial charge in [-0.1, -0.05) is 0 Å². The van der Waals surface area contributed by atoms with Gasteiger partial charge in [-0.3, -0.25) is 4.79 Å². The number of hydrogen-bond donors (Lipinski definition) is 1. The highest BCUT2D eigenvalue weighted by Crippen LogP contribution is 2.33. The van der Waals surface area contributed by atoms with Gasteiger partial charge in [0, 0.05) is 32.9 Å². The molecule has 0 radical (unpaired) electrons. The van der Waals surface area contributed by atoms with Crippen molar-refractivity contribution in [3.05, 3.63) is 23.9 Å². The Bertz CT molecular complexity index is 510. The largest absolute Gasteiger partial charge is 0.391 e. The lowest BCUT2D eigenvalue weighted by Crippen LogP contribution is -2.36. The van der Waals surface area contributed by atoms with Crippen LogP contribution in [-0.4, -0.2) is 53.7 Å². The number of carbonyl (C=O) groups excluding carboxylic acids is 1. The molecule has 2 aliphatic rings. The zero-order chi connectivity index (χ0) is 14.8. The molecule has 5 nitrogen and oxygen atoms in total. The zero-order valence-electron chi connectivity index (χ0n) is 12.5. The summed E-state index contributed by atoms with van der Waals surface area (Å²) in [6.07, 6.45) is 5.81. The van der Waals surface area contributed by atoms with Crippen LogP contribution in [0.15, 0.2) is 18.3 Å². The van der Waals surface area contributed by atoms with E-state index in [2.05, 4.69) is 9.88 Å². The number of amides is 1. The lowest BCUT2D eigenvalue weighted by atomic mass is 10.2.